The van der Waals surface area contributed by atoms with Crippen LogP contribution in [0.3, 0.4) is 0 Å². The fraction of sp³-hybridized carbons (Fsp3) is 1.00. The molecule has 2 unspecified atom stereocenters. The summed E-state index contributed by atoms with van der Waals surface area (Å²) in [5.41, 5.74) is -0.931. The van der Waals surface area contributed by atoms with Crippen molar-refractivity contribution < 1.29 is 17.5 Å². The molecule has 0 aromatic carbocycles. The Morgan fingerprint density at radius 1 is 1.09 bits per heavy atom. The topological polar surface area (TPSA) is 83.5 Å². The molecule has 0 rings (SSSR count). The number of nitrogens with zero attached hydrogens (tertiary/aromatic N) is 1. The SMILES string of the molecule is CC(C)(C)N(S(=O)[O-])S(=O)[O-]. The molecule has 0 aliphatic heterocycles. The van der Waals surface area contributed by atoms with E-state index >= 15 is 0 Å². The van der Waals surface area contributed by atoms with Crippen LogP contribution in [-0.2, 0) is 22.5 Å². The van der Waals surface area contributed by atoms with Gasteiger partial charge in [0.15, 0.2) is 0 Å². The van der Waals surface area contributed by atoms with E-state index in [1.165, 1.54) is 20.8 Å². The molecule has 0 fully saturated rings. The van der Waals surface area contributed by atoms with Crippen molar-refractivity contribution in [3.63, 3.8) is 0 Å². The van der Waals surface area contributed by atoms with E-state index < -0.39 is 28.1 Å². The van der Waals surface area contributed by atoms with Crippen molar-refractivity contribution in [2.45, 2.75) is 26.3 Å². The molecule has 0 spiro atoms. The summed E-state index contributed by atoms with van der Waals surface area (Å²) in [6, 6.07) is 0. The van der Waals surface area contributed by atoms with Gasteiger partial charge in [-0.2, -0.15) is 3.71 Å². The van der Waals surface area contributed by atoms with Crippen molar-refractivity contribution >= 4 is 22.5 Å². The smallest absolute Gasteiger partial charge is 0.0367 e. The summed E-state index contributed by atoms with van der Waals surface area (Å²) < 4.78 is 41.6. The van der Waals surface area contributed by atoms with Crippen LogP contribution in [0.25, 0.3) is 0 Å². The summed E-state index contributed by atoms with van der Waals surface area (Å²) in [6.07, 6.45) is 0. The van der Waals surface area contributed by atoms with E-state index in [-0.39, 0.29) is 0 Å². The van der Waals surface area contributed by atoms with Crippen LogP contribution in [-0.4, -0.2) is 26.8 Å². The first-order valence-electron chi connectivity index (χ1n) is 2.76. The maximum atomic E-state index is 10.3. The Hall–Kier alpha value is 0.180. The van der Waals surface area contributed by atoms with Gasteiger partial charge in [0.2, 0.25) is 0 Å². The molecular weight excluding hydrogens is 190 g/mol. The molecule has 0 heterocycles. The van der Waals surface area contributed by atoms with Gasteiger partial charge in [0.1, 0.15) is 0 Å². The lowest BCUT2D eigenvalue weighted by Gasteiger charge is -2.36. The average Bonchev–Trinajstić information content (AvgIpc) is 1.54. The maximum Gasteiger partial charge on any atom is 0.0367 e. The molecule has 0 aliphatic carbocycles. The molecule has 0 aromatic rings. The minimum Gasteiger partial charge on any atom is -0.759 e. The van der Waals surface area contributed by atoms with Gasteiger partial charge in [0, 0.05) is 28.1 Å². The third-order valence-corrected chi connectivity index (χ3v) is 3.19. The Morgan fingerprint density at radius 3 is 1.36 bits per heavy atom. The summed E-state index contributed by atoms with van der Waals surface area (Å²) >= 11 is -5.46. The van der Waals surface area contributed by atoms with E-state index in [2.05, 4.69) is 0 Å². The van der Waals surface area contributed by atoms with Gasteiger partial charge in [-0.15, -0.1) is 0 Å². The summed E-state index contributed by atoms with van der Waals surface area (Å²) in [5.74, 6) is 0. The van der Waals surface area contributed by atoms with E-state index in [0.717, 1.165) is 0 Å². The number of rotatable bonds is 2. The van der Waals surface area contributed by atoms with Crippen molar-refractivity contribution in [2.24, 2.45) is 0 Å². The number of hydrogen-bond donors (Lipinski definition) is 0. The zero-order valence-corrected chi connectivity index (χ0v) is 8.03. The maximum absolute atomic E-state index is 10.3. The molecule has 0 aliphatic rings. The summed E-state index contributed by atoms with van der Waals surface area (Å²) in [7, 11) is 0. The van der Waals surface area contributed by atoms with Crippen molar-refractivity contribution in [3.8, 4) is 0 Å². The van der Waals surface area contributed by atoms with Crippen molar-refractivity contribution in [1.82, 2.24) is 3.71 Å². The first-order chi connectivity index (χ1) is 4.76. The van der Waals surface area contributed by atoms with Crippen molar-refractivity contribution in [3.05, 3.63) is 0 Å². The van der Waals surface area contributed by atoms with Crippen LogP contribution in [0.4, 0.5) is 0 Å². The van der Waals surface area contributed by atoms with Gasteiger partial charge < -0.3 is 9.11 Å². The van der Waals surface area contributed by atoms with Crippen LogP contribution in [0, 0.1) is 0 Å². The van der Waals surface area contributed by atoms with E-state index in [1.807, 2.05) is 0 Å². The molecule has 0 saturated carbocycles. The minimum atomic E-state index is -2.73. The molecule has 2 atom stereocenters. The molecular formula is C4H9NO4S2-2. The Balaban J connectivity index is 4.63. The van der Waals surface area contributed by atoms with Gasteiger partial charge in [-0.25, -0.2) is 0 Å². The Labute approximate surface area is 70.6 Å². The summed E-state index contributed by atoms with van der Waals surface area (Å²) in [4.78, 5) is 0. The number of hydrogen-bond acceptors (Lipinski definition) is 4. The Bertz CT molecular complexity index is 173. The van der Waals surface area contributed by atoms with Crippen LogP contribution in [0.5, 0.6) is 0 Å². The molecule has 0 N–H and O–H groups in total. The average molecular weight is 199 g/mol. The molecule has 0 amide bonds. The molecule has 7 heteroatoms. The second-order valence-electron chi connectivity index (χ2n) is 2.86. The highest BCUT2D eigenvalue weighted by molar-refractivity contribution is 7.92. The Morgan fingerprint density at radius 2 is 1.36 bits per heavy atom. The quantitative estimate of drug-likeness (QED) is 0.570. The zero-order valence-electron chi connectivity index (χ0n) is 6.40. The lowest BCUT2D eigenvalue weighted by molar-refractivity contribution is 0.329. The molecule has 11 heavy (non-hydrogen) atoms. The highest BCUT2D eigenvalue weighted by Gasteiger charge is 2.22. The first kappa shape index (κ1) is 11.2. The fourth-order valence-corrected chi connectivity index (χ4v) is 1.79. The van der Waals surface area contributed by atoms with Crippen LogP contribution in [0.2, 0.25) is 0 Å². The molecule has 5 nitrogen and oxygen atoms in total. The lowest BCUT2D eigenvalue weighted by Crippen LogP contribution is -2.43. The molecule has 68 valence electrons. The zero-order chi connectivity index (χ0) is 9.23. The normalized spacial score (nSPS) is 18.4. The standard InChI is InChI=1S/C4H11NO4S2/c1-4(2,3)5(10(6)7)11(8)9/h1-3H3,(H,6,7)(H,8,9)/p-2. The first-order valence-corrected chi connectivity index (χ1v) is 4.82. The van der Waals surface area contributed by atoms with Gasteiger partial charge >= 0.3 is 0 Å². The van der Waals surface area contributed by atoms with Crippen molar-refractivity contribution in [1.29, 1.82) is 0 Å². The van der Waals surface area contributed by atoms with E-state index in [9.17, 15) is 17.5 Å². The van der Waals surface area contributed by atoms with Gasteiger partial charge in [-0.05, 0) is 20.8 Å². The van der Waals surface area contributed by atoms with E-state index in [1.54, 1.807) is 0 Å². The monoisotopic (exact) mass is 199 g/mol. The third-order valence-electron chi connectivity index (χ3n) is 0.819. The van der Waals surface area contributed by atoms with Crippen LogP contribution >= 0.6 is 0 Å². The third kappa shape index (κ3) is 3.39. The van der Waals surface area contributed by atoms with Crippen LogP contribution < -0.4 is 0 Å². The Kier molecular flexibility index (Phi) is 3.78. The largest absolute Gasteiger partial charge is 0.759 e. The van der Waals surface area contributed by atoms with Crippen LogP contribution in [0.15, 0.2) is 0 Å². The second-order valence-corrected chi connectivity index (χ2v) is 4.69. The molecule has 0 aromatic heterocycles. The van der Waals surface area contributed by atoms with E-state index in [4.69, 9.17) is 0 Å². The molecule has 0 bridgehead atoms. The molecule has 0 radical (unpaired) electrons. The summed E-state index contributed by atoms with van der Waals surface area (Å²) in [6.45, 7) is 4.45. The van der Waals surface area contributed by atoms with E-state index in [0.29, 0.717) is 3.71 Å². The van der Waals surface area contributed by atoms with Gasteiger partial charge in [0.05, 0.1) is 0 Å². The minimum absolute atomic E-state index is 0.354. The molecule has 0 saturated heterocycles. The highest BCUT2D eigenvalue weighted by atomic mass is 32.3. The summed E-state index contributed by atoms with van der Waals surface area (Å²) in [5, 5.41) is 0. The van der Waals surface area contributed by atoms with Crippen molar-refractivity contribution in [2.75, 3.05) is 0 Å². The van der Waals surface area contributed by atoms with Gasteiger partial charge in [-0.1, -0.05) is 0 Å². The predicted molar refractivity (Wildman–Crippen MR) is 39.4 cm³/mol. The lowest BCUT2D eigenvalue weighted by atomic mass is 10.1. The van der Waals surface area contributed by atoms with Gasteiger partial charge in [-0.3, -0.25) is 8.42 Å². The van der Waals surface area contributed by atoms with Crippen LogP contribution in [0.1, 0.15) is 20.8 Å². The fourth-order valence-electron chi connectivity index (χ4n) is 0.497. The highest BCUT2D eigenvalue weighted by Crippen LogP contribution is 2.15. The van der Waals surface area contributed by atoms with Gasteiger partial charge in [0.25, 0.3) is 0 Å². The second kappa shape index (κ2) is 3.72. The predicted octanol–water partition coefficient (Wildman–Crippen LogP) is -0.325.